The molecule has 7 atom stereocenters. The van der Waals surface area contributed by atoms with Gasteiger partial charge in [0.2, 0.25) is 11.8 Å². The number of imide groups is 1. The highest BCUT2D eigenvalue weighted by Gasteiger charge is 2.69. The second-order valence-corrected chi connectivity index (χ2v) is 11.7. The van der Waals surface area contributed by atoms with E-state index in [-0.39, 0.29) is 45.6 Å². The van der Waals surface area contributed by atoms with Crippen LogP contribution in [-0.2, 0) is 14.4 Å². The van der Waals surface area contributed by atoms with E-state index >= 15 is 0 Å². The van der Waals surface area contributed by atoms with E-state index in [1.54, 1.807) is 17.8 Å². The summed E-state index contributed by atoms with van der Waals surface area (Å²) in [6.45, 7) is -0.600. The van der Waals surface area contributed by atoms with Crippen molar-refractivity contribution >= 4 is 64.1 Å². The van der Waals surface area contributed by atoms with Gasteiger partial charge in [0.25, 0.3) is 0 Å². The Morgan fingerprint density at radius 1 is 1.16 bits per heavy atom. The number of carbonyl (C=O) groups excluding carboxylic acids is 2. The lowest BCUT2D eigenvalue weighted by molar-refractivity contribution is -0.149. The number of carboxylic acids is 1. The SMILES string of the molecule is O=C(O)CN1C(=O)[C@@H]2[C@H]3C[C@@H]([C@@H]4Sc5[nH]c(=O)sc5[C@@H](c5cccc(Cl)c5Cl)[C@@H]34)[C@H]2C1=O. The molecule has 3 heterocycles. The van der Waals surface area contributed by atoms with Crippen LogP contribution in [0.2, 0.25) is 10.0 Å². The number of carbonyl (C=O) groups is 3. The Hall–Kier alpha value is -1.81. The molecule has 166 valence electrons. The normalized spacial score (nSPS) is 34.6. The van der Waals surface area contributed by atoms with Crippen LogP contribution in [0.1, 0.15) is 22.8 Å². The Morgan fingerprint density at radius 3 is 2.59 bits per heavy atom. The molecule has 6 rings (SSSR count). The third-order valence-corrected chi connectivity index (χ3v) is 10.8. The fraction of sp³-hybridized carbons (Fsp3) is 0.429. The van der Waals surface area contributed by atoms with Gasteiger partial charge in [0.15, 0.2) is 0 Å². The van der Waals surface area contributed by atoms with E-state index in [4.69, 9.17) is 23.2 Å². The molecule has 0 spiro atoms. The summed E-state index contributed by atoms with van der Waals surface area (Å²) in [4.78, 5) is 54.2. The van der Waals surface area contributed by atoms with Gasteiger partial charge >= 0.3 is 10.8 Å². The highest BCUT2D eigenvalue weighted by molar-refractivity contribution is 8.00. The van der Waals surface area contributed by atoms with Crippen molar-refractivity contribution in [3.63, 3.8) is 0 Å². The number of halogens is 2. The zero-order chi connectivity index (χ0) is 22.5. The zero-order valence-electron chi connectivity index (χ0n) is 16.3. The van der Waals surface area contributed by atoms with E-state index in [0.717, 1.165) is 38.1 Å². The monoisotopic (exact) mass is 510 g/mol. The fourth-order valence-corrected chi connectivity index (χ4v) is 9.78. The number of nitrogens with one attached hydrogen (secondary N) is 1. The third kappa shape index (κ3) is 2.68. The van der Waals surface area contributed by atoms with Crippen LogP contribution in [0.4, 0.5) is 0 Å². The number of fused-ring (bicyclic) bond motifs is 9. The van der Waals surface area contributed by atoms with Gasteiger partial charge in [-0.15, -0.1) is 11.8 Å². The number of aromatic nitrogens is 1. The minimum absolute atomic E-state index is 0.0114. The summed E-state index contributed by atoms with van der Waals surface area (Å²) in [7, 11) is 0. The first kappa shape index (κ1) is 20.8. The van der Waals surface area contributed by atoms with Crippen molar-refractivity contribution in [1.29, 1.82) is 0 Å². The summed E-state index contributed by atoms with van der Waals surface area (Å²) in [5.41, 5.74) is 0.814. The van der Waals surface area contributed by atoms with Crippen molar-refractivity contribution in [2.24, 2.45) is 29.6 Å². The predicted octanol–water partition coefficient (Wildman–Crippen LogP) is 3.30. The molecule has 2 aliphatic carbocycles. The molecule has 0 unspecified atom stereocenters. The molecule has 1 saturated heterocycles. The predicted molar refractivity (Wildman–Crippen MR) is 119 cm³/mol. The van der Waals surface area contributed by atoms with E-state index in [1.807, 2.05) is 12.1 Å². The molecule has 2 amide bonds. The molecule has 2 bridgehead atoms. The van der Waals surface area contributed by atoms with Crippen LogP contribution in [-0.4, -0.2) is 44.6 Å². The van der Waals surface area contributed by atoms with Crippen molar-refractivity contribution in [3.8, 4) is 0 Å². The van der Waals surface area contributed by atoms with Crippen LogP contribution in [0.5, 0.6) is 0 Å². The summed E-state index contributed by atoms with van der Waals surface area (Å²) in [5.74, 6) is -3.38. The maximum absolute atomic E-state index is 13.1. The van der Waals surface area contributed by atoms with Gasteiger partial charge < -0.3 is 10.1 Å². The van der Waals surface area contributed by atoms with Gasteiger partial charge in [-0.2, -0.15) is 0 Å². The molecule has 0 radical (unpaired) electrons. The van der Waals surface area contributed by atoms with Gasteiger partial charge in [-0.05, 0) is 35.8 Å². The molecule has 4 aliphatic rings. The quantitative estimate of drug-likeness (QED) is 0.613. The Labute approximate surface area is 200 Å². The molecule has 2 N–H and O–H groups in total. The maximum atomic E-state index is 13.1. The van der Waals surface area contributed by atoms with Gasteiger partial charge in [0.1, 0.15) is 6.54 Å². The molecule has 32 heavy (non-hydrogen) atoms. The van der Waals surface area contributed by atoms with Gasteiger partial charge in [0.05, 0.1) is 26.9 Å². The standard InChI is InChI=1S/C21H16Cl2N2O5S2/c22-9-3-1-2-6(15(9)23)11-12-7-4-8(16(12)31-18-17(11)32-21(30)24-18)14-13(7)19(28)25(20(14)29)5-10(26)27/h1-3,7-8,11-14,16H,4-5H2,(H,24,30)(H,26,27)/t7-,8+,11-,12+,13+,14+,16-/m0/s1. The van der Waals surface area contributed by atoms with Gasteiger partial charge in [-0.1, -0.05) is 46.7 Å². The summed E-state index contributed by atoms with van der Waals surface area (Å²) in [5, 5.41) is 10.8. The Bertz CT molecular complexity index is 1260. The van der Waals surface area contributed by atoms with Gasteiger partial charge in [-0.3, -0.25) is 24.1 Å². The topological polar surface area (TPSA) is 108 Å². The van der Waals surface area contributed by atoms with Crippen molar-refractivity contribution in [3.05, 3.63) is 48.4 Å². The average Bonchev–Trinajstić information content (AvgIpc) is 3.46. The van der Waals surface area contributed by atoms with Crippen LogP contribution in [0.15, 0.2) is 28.0 Å². The Morgan fingerprint density at radius 2 is 1.88 bits per heavy atom. The molecule has 2 aliphatic heterocycles. The zero-order valence-corrected chi connectivity index (χ0v) is 19.4. The van der Waals surface area contributed by atoms with E-state index in [0.29, 0.717) is 10.0 Å². The smallest absolute Gasteiger partial charge is 0.323 e. The number of likely N-dealkylation sites (tertiary alicyclic amines) is 1. The van der Waals surface area contributed by atoms with Crippen LogP contribution in [0.25, 0.3) is 0 Å². The lowest BCUT2D eigenvalue weighted by Gasteiger charge is -2.43. The number of aliphatic carboxylic acids is 1. The lowest BCUT2D eigenvalue weighted by atomic mass is 9.68. The van der Waals surface area contributed by atoms with Gasteiger partial charge in [-0.25, -0.2) is 0 Å². The number of benzene rings is 1. The minimum atomic E-state index is -1.20. The summed E-state index contributed by atoms with van der Waals surface area (Å²) >= 11 is 15.7. The number of thiazole rings is 1. The Balaban J connectivity index is 1.48. The highest BCUT2D eigenvalue weighted by atomic mass is 35.5. The molecule has 7 nitrogen and oxygen atoms in total. The molecule has 2 saturated carbocycles. The molecular weight excluding hydrogens is 495 g/mol. The number of nitrogens with zero attached hydrogens (tertiary/aromatic N) is 1. The van der Waals surface area contributed by atoms with Crippen molar-refractivity contribution in [2.45, 2.75) is 22.6 Å². The number of rotatable bonds is 3. The second kappa shape index (κ2) is 7.09. The number of amides is 2. The fourth-order valence-electron chi connectivity index (χ4n) is 6.48. The molecule has 1 aromatic carbocycles. The van der Waals surface area contributed by atoms with Crippen LogP contribution in [0.3, 0.4) is 0 Å². The van der Waals surface area contributed by atoms with E-state index in [1.165, 1.54) is 0 Å². The largest absolute Gasteiger partial charge is 0.480 e. The summed E-state index contributed by atoms with van der Waals surface area (Å²) in [6.07, 6.45) is 0.726. The minimum Gasteiger partial charge on any atom is -0.480 e. The average molecular weight is 511 g/mol. The molecule has 3 fully saturated rings. The number of hydrogen-bond donors (Lipinski definition) is 2. The first-order valence-electron chi connectivity index (χ1n) is 10.2. The van der Waals surface area contributed by atoms with Crippen molar-refractivity contribution in [2.75, 3.05) is 6.54 Å². The number of carboxylic acid groups (broad SMARTS) is 1. The third-order valence-electron chi connectivity index (χ3n) is 7.43. The number of hydrogen-bond acceptors (Lipinski definition) is 6. The van der Waals surface area contributed by atoms with Crippen molar-refractivity contribution in [1.82, 2.24) is 9.88 Å². The van der Waals surface area contributed by atoms with Gasteiger partial charge in [0, 0.05) is 16.0 Å². The molecular formula is C21H16Cl2N2O5S2. The molecule has 11 heteroatoms. The van der Waals surface area contributed by atoms with Crippen molar-refractivity contribution < 1.29 is 19.5 Å². The van der Waals surface area contributed by atoms with E-state index < -0.39 is 24.3 Å². The van der Waals surface area contributed by atoms with E-state index in [2.05, 4.69) is 4.98 Å². The number of aromatic amines is 1. The second-order valence-electron chi connectivity index (χ2n) is 8.76. The Kier molecular flexibility index (Phi) is 4.60. The molecule has 1 aromatic heterocycles. The molecule has 2 aromatic rings. The maximum Gasteiger partial charge on any atom is 0.323 e. The number of H-pyrrole nitrogens is 1. The highest BCUT2D eigenvalue weighted by Crippen LogP contribution is 2.68. The lowest BCUT2D eigenvalue weighted by Crippen LogP contribution is -2.42. The summed E-state index contributed by atoms with van der Waals surface area (Å²) in [6, 6.07) is 5.44. The summed E-state index contributed by atoms with van der Waals surface area (Å²) < 4.78 is 0. The first-order valence-corrected chi connectivity index (χ1v) is 12.6. The van der Waals surface area contributed by atoms with Crippen LogP contribution in [0, 0.1) is 29.6 Å². The van der Waals surface area contributed by atoms with Crippen LogP contribution < -0.4 is 4.87 Å². The van der Waals surface area contributed by atoms with E-state index in [9.17, 15) is 24.3 Å². The number of thioether (sulfide) groups is 1. The first-order chi connectivity index (χ1) is 15.3. The van der Waals surface area contributed by atoms with Crippen LogP contribution >= 0.6 is 46.3 Å².